The van der Waals surface area contributed by atoms with Gasteiger partial charge in [0.25, 0.3) is 0 Å². The van der Waals surface area contributed by atoms with Gasteiger partial charge in [-0.25, -0.2) is 13.2 Å². The molecule has 0 unspecified atom stereocenters. The summed E-state index contributed by atoms with van der Waals surface area (Å²) in [7, 11) is -3.36. The highest BCUT2D eigenvalue weighted by Gasteiger charge is 2.18. The van der Waals surface area contributed by atoms with Crippen molar-refractivity contribution in [3.8, 4) is 0 Å². The third-order valence-corrected chi connectivity index (χ3v) is 4.30. The summed E-state index contributed by atoms with van der Waals surface area (Å²) in [4.78, 5) is 10.4. The molecule has 0 saturated carbocycles. The Labute approximate surface area is 84.3 Å². The van der Waals surface area contributed by atoms with Gasteiger partial charge in [0.2, 0.25) is 19.3 Å². The van der Waals surface area contributed by atoms with Crippen LogP contribution < -0.4 is 11.1 Å². The molecule has 0 aliphatic carbocycles. The molecule has 0 aromatic carbocycles. The molecule has 1 aromatic heterocycles. The molecule has 0 saturated heterocycles. The number of urea groups is 1. The second-order valence-corrected chi connectivity index (χ2v) is 5.70. The molecule has 9 heteroatoms. The Morgan fingerprint density at radius 3 is 2.71 bits per heavy atom. The number of primary amides is 1. The van der Waals surface area contributed by atoms with Crippen molar-refractivity contribution in [3.05, 3.63) is 0 Å². The molecule has 3 N–H and O–H groups in total. The van der Waals surface area contributed by atoms with Gasteiger partial charge in [-0.05, 0) is 0 Å². The number of anilines is 1. The van der Waals surface area contributed by atoms with Crippen molar-refractivity contribution in [1.82, 2.24) is 10.2 Å². The molecule has 2 amide bonds. The molecule has 78 valence electrons. The lowest BCUT2D eigenvalue weighted by Crippen LogP contribution is -2.18. The van der Waals surface area contributed by atoms with Crippen molar-refractivity contribution in [2.45, 2.75) is 11.3 Å². The normalized spacial score (nSPS) is 11.2. The van der Waals surface area contributed by atoms with Crippen LogP contribution in [-0.4, -0.2) is 30.4 Å². The molecule has 0 fully saturated rings. The number of nitrogens with zero attached hydrogens (tertiary/aromatic N) is 2. The molecule has 14 heavy (non-hydrogen) atoms. The molecule has 1 aromatic rings. The summed E-state index contributed by atoms with van der Waals surface area (Å²) in [5.74, 6) is -0.0573. The Morgan fingerprint density at radius 2 is 2.21 bits per heavy atom. The van der Waals surface area contributed by atoms with Crippen molar-refractivity contribution in [2.75, 3.05) is 11.1 Å². The Balaban J connectivity index is 2.94. The second-order valence-electron chi connectivity index (χ2n) is 2.27. The number of carbonyl (C=O) groups is 1. The first-order chi connectivity index (χ1) is 6.45. The first-order valence-electron chi connectivity index (χ1n) is 3.58. The molecule has 1 heterocycles. The van der Waals surface area contributed by atoms with Gasteiger partial charge in [-0.15, -0.1) is 10.2 Å². The van der Waals surface area contributed by atoms with Gasteiger partial charge in [-0.3, -0.25) is 5.32 Å². The zero-order valence-electron chi connectivity index (χ0n) is 7.22. The van der Waals surface area contributed by atoms with Crippen molar-refractivity contribution in [3.63, 3.8) is 0 Å². The minimum absolute atomic E-state index is 0.0573. The quantitative estimate of drug-likeness (QED) is 0.706. The predicted molar refractivity (Wildman–Crippen MR) is 50.8 cm³/mol. The molecule has 0 spiro atoms. The summed E-state index contributed by atoms with van der Waals surface area (Å²) >= 11 is 0.771. The molecule has 7 nitrogen and oxygen atoms in total. The van der Waals surface area contributed by atoms with Crippen LogP contribution in [0.1, 0.15) is 6.92 Å². The number of amides is 2. The number of nitrogens with two attached hydrogens (primary N) is 1. The molecular formula is C5H8N4O3S2. The number of hydrogen-bond acceptors (Lipinski definition) is 6. The Kier molecular flexibility index (Phi) is 3.01. The maximum absolute atomic E-state index is 11.3. The van der Waals surface area contributed by atoms with E-state index in [1.165, 1.54) is 6.92 Å². The number of nitrogens with one attached hydrogen (secondary N) is 1. The maximum Gasteiger partial charge on any atom is 0.318 e. The SMILES string of the molecule is CCS(=O)(=O)c1nnc(NC(N)=O)s1. The third kappa shape index (κ3) is 2.39. The minimum atomic E-state index is -3.36. The van der Waals surface area contributed by atoms with Gasteiger partial charge in [0, 0.05) is 0 Å². The zero-order valence-corrected chi connectivity index (χ0v) is 8.85. The van der Waals surface area contributed by atoms with Gasteiger partial charge in [0.15, 0.2) is 0 Å². The first kappa shape index (κ1) is 10.9. The van der Waals surface area contributed by atoms with Crippen molar-refractivity contribution in [2.24, 2.45) is 5.73 Å². The van der Waals surface area contributed by atoms with Crippen LogP contribution >= 0.6 is 11.3 Å². The van der Waals surface area contributed by atoms with Crippen LogP contribution in [0.15, 0.2) is 4.34 Å². The molecule has 0 aliphatic rings. The number of aromatic nitrogens is 2. The van der Waals surface area contributed by atoms with E-state index in [9.17, 15) is 13.2 Å². The smallest absolute Gasteiger partial charge is 0.318 e. The number of sulfone groups is 1. The van der Waals surface area contributed by atoms with E-state index < -0.39 is 15.9 Å². The predicted octanol–water partition coefficient (Wildman–Crippen LogP) is -0.178. The molecule has 0 radical (unpaired) electrons. The van der Waals surface area contributed by atoms with Crippen LogP contribution in [0.5, 0.6) is 0 Å². The van der Waals surface area contributed by atoms with Crippen LogP contribution in [0.4, 0.5) is 9.93 Å². The van der Waals surface area contributed by atoms with Gasteiger partial charge in [0.1, 0.15) is 0 Å². The van der Waals surface area contributed by atoms with E-state index in [0.29, 0.717) is 0 Å². The van der Waals surface area contributed by atoms with Crippen molar-refractivity contribution >= 4 is 32.3 Å². The molecule has 0 aliphatic heterocycles. The second kappa shape index (κ2) is 3.88. The van der Waals surface area contributed by atoms with Crippen molar-refractivity contribution in [1.29, 1.82) is 0 Å². The average Bonchev–Trinajstić information content (AvgIpc) is 2.52. The third-order valence-electron chi connectivity index (χ3n) is 1.28. The first-order valence-corrected chi connectivity index (χ1v) is 6.05. The summed E-state index contributed by atoms with van der Waals surface area (Å²) in [5, 5.41) is 9.08. The van der Waals surface area contributed by atoms with Crippen LogP contribution in [0, 0.1) is 0 Å². The Bertz CT molecular complexity index is 438. The highest BCUT2D eigenvalue weighted by Crippen LogP contribution is 2.20. The van der Waals surface area contributed by atoms with Gasteiger partial charge in [-0.2, -0.15) is 0 Å². The average molecular weight is 236 g/mol. The van der Waals surface area contributed by atoms with E-state index in [4.69, 9.17) is 5.73 Å². The molecular weight excluding hydrogens is 228 g/mol. The summed E-state index contributed by atoms with van der Waals surface area (Å²) < 4.78 is 22.4. The summed E-state index contributed by atoms with van der Waals surface area (Å²) in [6, 6.07) is -0.804. The van der Waals surface area contributed by atoms with E-state index in [1.54, 1.807) is 0 Å². The van der Waals surface area contributed by atoms with E-state index in [0.717, 1.165) is 11.3 Å². The van der Waals surface area contributed by atoms with E-state index >= 15 is 0 Å². The minimum Gasteiger partial charge on any atom is -0.351 e. The van der Waals surface area contributed by atoms with Crippen LogP contribution in [0.3, 0.4) is 0 Å². The van der Waals surface area contributed by atoms with E-state index in [1.807, 2.05) is 0 Å². The largest absolute Gasteiger partial charge is 0.351 e. The standard InChI is InChI=1S/C5H8N4O3S2/c1-2-14(11,12)5-9-8-4(13-5)7-3(6)10/h2H2,1H3,(H3,6,7,8,10). The highest BCUT2D eigenvalue weighted by molar-refractivity contribution is 7.93. The van der Waals surface area contributed by atoms with E-state index in [2.05, 4.69) is 15.5 Å². The fraction of sp³-hybridized carbons (Fsp3) is 0.400. The van der Waals surface area contributed by atoms with Gasteiger partial charge in [0.05, 0.1) is 5.75 Å². The molecule has 0 bridgehead atoms. The molecule has 1 rings (SSSR count). The summed E-state index contributed by atoms with van der Waals surface area (Å²) in [6.07, 6.45) is 0. The van der Waals surface area contributed by atoms with Crippen LogP contribution in [0.25, 0.3) is 0 Å². The fourth-order valence-electron chi connectivity index (χ4n) is 0.615. The zero-order chi connectivity index (χ0) is 10.8. The van der Waals surface area contributed by atoms with Gasteiger partial charge in [-0.1, -0.05) is 18.3 Å². The Morgan fingerprint density at radius 1 is 1.57 bits per heavy atom. The van der Waals surface area contributed by atoms with Gasteiger partial charge < -0.3 is 5.73 Å². The Hall–Kier alpha value is -1.22. The fourth-order valence-corrected chi connectivity index (χ4v) is 2.61. The topological polar surface area (TPSA) is 115 Å². The summed E-state index contributed by atoms with van der Waals surface area (Å²) in [5.41, 5.74) is 4.81. The lowest BCUT2D eigenvalue weighted by Gasteiger charge is -1.92. The van der Waals surface area contributed by atoms with Gasteiger partial charge >= 0.3 is 6.03 Å². The van der Waals surface area contributed by atoms with Crippen LogP contribution in [-0.2, 0) is 9.84 Å². The van der Waals surface area contributed by atoms with Crippen molar-refractivity contribution < 1.29 is 13.2 Å². The van der Waals surface area contributed by atoms with E-state index in [-0.39, 0.29) is 15.2 Å². The lowest BCUT2D eigenvalue weighted by atomic mass is 11.0. The maximum atomic E-state index is 11.3. The number of rotatable bonds is 3. The number of hydrogen-bond donors (Lipinski definition) is 2. The monoisotopic (exact) mass is 236 g/mol. The van der Waals surface area contributed by atoms with Crippen LogP contribution in [0.2, 0.25) is 0 Å². The summed E-state index contributed by atoms with van der Waals surface area (Å²) in [6.45, 7) is 1.50. The highest BCUT2D eigenvalue weighted by atomic mass is 32.2. The number of carbonyl (C=O) groups excluding carboxylic acids is 1. The lowest BCUT2D eigenvalue weighted by molar-refractivity contribution is 0.259. The molecule has 0 atom stereocenters.